The van der Waals surface area contributed by atoms with E-state index in [1.807, 2.05) is 47.4 Å². The number of urea groups is 1. The minimum Gasteiger partial charge on any atom is -0.497 e. The van der Waals surface area contributed by atoms with E-state index < -0.39 is 0 Å². The van der Waals surface area contributed by atoms with Crippen molar-refractivity contribution in [3.8, 4) is 16.3 Å². The van der Waals surface area contributed by atoms with Gasteiger partial charge in [0.05, 0.1) is 12.8 Å². The quantitative estimate of drug-likeness (QED) is 0.656. The molecule has 0 aliphatic carbocycles. The highest BCUT2D eigenvalue weighted by Gasteiger charge is 2.21. The lowest BCUT2D eigenvalue weighted by Gasteiger charge is -2.34. The van der Waals surface area contributed by atoms with Crippen molar-refractivity contribution >= 4 is 17.4 Å². The van der Waals surface area contributed by atoms with Crippen molar-refractivity contribution in [1.82, 2.24) is 20.1 Å². The summed E-state index contributed by atoms with van der Waals surface area (Å²) in [6, 6.07) is 18.0. The monoisotopic (exact) mass is 422 g/mol. The van der Waals surface area contributed by atoms with Crippen LogP contribution in [0, 0.1) is 0 Å². The largest absolute Gasteiger partial charge is 0.497 e. The molecular formula is C23H26N4O2S. The van der Waals surface area contributed by atoms with Crippen molar-refractivity contribution in [2.75, 3.05) is 33.3 Å². The first-order valence-electron chi connectivity index (χ1n) is 10.1. The summed E-state index contributed by atoms with van der Waals surface area (Å²) in [6.07, 6.45) is 0. The minimum absolute atomic E-state index is 0.00881. The van der Waals surface area contributed by atoms with E-state index in [0.29, 0.717) is 6.54 Å². The number of ether oxygens (including phenoxy) is 1. The number of benzene rings is 2. The van der Waals surface area contributed by atoms with Crippen molar-refractivity contribution in [3.63, 3.8) is 0 Å². The predicted molar refractivity (Wildman–Crippen MR) is 120 cm³/mol. The molecule has 1 aromatic heterocycles. The summed E-state index contributed by atoms with van der Waals surface area (Å²) in [5, 5.41) is 6.20. The maximum absolute atomic E-state index is 12.5. The van der Waals surface area contributed by atoms with Crippen molar-refractivity contribution in [1.29, 1.82) is 0 Å². The second kappa shape index (κ2) is 9.73. The Morgan fingerprint density at radius 3 is 2.50 bits per heavy atom. The number of nitrogens with zero attached hydrogens (tertiary/aromatic N) is 3. The van der Waals surface area contributed by atoms with Gasteiger partial charge in [-0.15, -0.1) is 11.3 Å². The highest BCUT2D eigenvalue weighted by molar-refractivity contribution is 7.13. The van der Waals surface area contributed by atoms with Gasteiger partial charge in [-0.2, -0.15) is 0 Å². The van der Waals surface area contributed by atoms with Gasteiger partial charge in [0.25, 0.3) is 0 Å². The molecule has 1 fully saturated rings. The smallest absolute Gasteiger partial charge is 0.317 e. The highest BCUT2D eigenvalue weighted by atomic mass is 32.1. The average molecular weight is 423 g/mol. The molecule has 2 amide bonds. The van der Waals surface area contributed by atoms with E-state index in [1.54, 1.807) is 18.4 Å². The molecule has 1 N–H and O–H groups in total. The molecule has 1 saturated heterocycles. The van der Waals surface area contributed by atoms with Crippen LogP contribution in [-0.4, -0.2) is 54.1 Å². The van der Waals surface area contributed by atoms with Gasteiger partial charge < -0.3 is 15.0 Å². The Morgan fingerprint density at radius 1 is 1.07 bits per heavy atom. The fraction of sp³-hybridized carbons (Fsp3) is 0.304. The van der Waals surface area contributed by atoms with E-state index in [0.717, 1.165) is 60.3 Å². The minimum atomic E-state index is -0.00881. The summed E-state index contributed by atoms with van der Waals surface area (Å²) in [6.45, 7) is 4.51. The topological polar surface area (TPSA) is 57.7 Å². The lowest BCUT2D eigenvalue weighted by atomic mass is 10.2. The van der Waals surface area contributed by atoms with E-state index >= 15 is 0 Å². The summed E-state index contributed by atoms with van der Waals surface area (Å²) >= 11 is 1.68. The van der Waals surface area contributed by atoms with Crippen LogP contribution in [0.2, 0.25) is 0 Å². The van der Waals surface area contributed by atoms with Crippen LogP contribution in [-0.2, 0) is 13.1 Å². The Morgan fingerprint density at radius 2 is 1.80 bits per heavy atom. The summed E-state index contributed by atoms with van der Waals surface area (Å²) in [5.74, 6) is 0.817. The SMILES string of the molecule is COc1ccc(CNC(=O)N2CCN(Cc3csc(-c4ccccc4)n3)CC2)cc1. The molecule has 2 heterocycles. The third-order valence-corrected chi connectivity index (χ3v) is 6.16. The molecule has 1 aliphatic heterocycles. The standard InChI is InChI=1S/C23H26N4O2S/c1-29-21-9-7-18(8-10-21)15-24-23(28)27-13-11-26(12-14-27)16-20-17-30-22(25-20)19-5-3-2-4-6-19/h2-10,17H,11-16H2,1H3,(H,24,28). The van der Waals surface area contributed by atoms with Crippen LogP contribution in [0.15, 0.2) is 60.0 Å². The molecule has 156 valence electrons. The second-order valence-electron chi connectivity index (χ2n) is 7.28. The van der Waals surface area contributed by atoms with Crippen LogP contribution in [0.5, 0.6) is 5.75 Å². The number of carbonyl (C=O) groups is 1. The first-order valence-corrected chi connectivity index (χ1v) is 11.0. The zero-order chi connectivity index (χ0) is 20.8. The molecule has 6 nitrogen and oxygen atoms in total. The van der Waals surface area contributed by atoms with Gasteiger partial charge in [-0.05, 0) is 17.7 Å². The molecular weight excluding hydrogens is 396 g/mol. The van der Waals surface area contributed by atoms with Crippen LogP contribution in [0.4, 0.5) is 4.79 Å². The molecule has 0 bridgehead atoms. The lowest BCUT2D eigenvalue weighted by molar-refractivity contribution is 0.134. The number of hydrogen-bond donors (Lipinski definition) is 1. The molecule has 0 unspecified atom stereocenters. The van der Waals surface area contributed by atoms with E-state index in [-0.39, 0.29) is 6.03 Å². The summed E-state index contributed by atoms with van der Waals surface area (Å²) < 4.78 is 5.16. The molecule has 3 aromatic rings. The van der Waals surface area contributed by atoms with Gasteiger partial charge in [0.2, 0.25) is 0 Å². The molecule has 4 rings (SSSR count). The van der Waals surface area contributed by atoms with Crippen LogP contribution < -0.4 is 10.1 Å². The maximum atomic E-state index is 12.5. The Balaban J connectivity index is 1.22. The number of aromatic nitrogens is 1. The van der Waals surface area contributed by atoms with E-state index in [4.69, 9.17) is 9.72 Å². The van der Waals surface area contributed by atoms with Gasteiger partial charge in [-0.1, -0.05) is 42.5 Å². The second-order valence-corrected chi connectivity index (χ2v) is 8.14. The number of rotatable bonds is 6. The Kier molecular flexibility index (Phi) is 6.61. The molecule has 0 saturated carbocycles. The number of thiazole rings is 1. The average Bonchev–Trinajstić information content (AvgIpc) is 3.27. The maximum Gasteiger partial charge on any atom is 0.317 e. The predicted octanol–water partition coefficient (Wildman–Crippen LogP) is 3.85. The number of carbonyl (C=O) groups excluding carboxylic acids is 1. The van der Waals surface area contributed by atoms with Crippen LogP contribution >= 0.6 is 11.3 Å². The molecule has 0 radical (unpaired) electrons. The number of hydrogen-bond acceptors (Lipinski definition) is 5. The normalized spacial score (nSPS) is 14.5. The van der Waals surface area contributed by atoms with Gasteiger partial charge in [0, 0.05) is 50.2 Å². The summed E-state index contributed by atoms with van der Waals surface area (Å²) in [5.41, 5.74) is 3.31. The number of methoxy groups -OCH3 is 1. The molecule has 0 spiro atoms. The third-order valence-electron chi connectivity index (χ3n) is 5.22. The number of piperazine rings is 1. The summed E-state index contributed by atoms with van der Waals surface area (Å²) in [7, 11) is 1.65. The van der Waals surface area contributed by atoms with Gasteiger partial charge in [0.15, 0.2) is 0 Å². The van der Waals surface area contributed by atoms with Crippen LogP contribution in [0.1, 0.15) is 11.3 Å². The van der Waals surface area contributed by atoms with Crippen molar-refractivity contribution in [2.45, 2.75) is 13.1 Å². The van der Waals surface area contributed by atoms with E-state index in [1.165, 1.54) is 0 Å². The van der Waals surface area contributed by atoms with Crippen molar-refractivity contribution in [2.24, 2.45) is 0 Å². The Hall–Kier alpha value is -2.90. The van der Waals surface area contributed by atoms with Gasteiger partial charge >= 0.3 is 6.03 Å². The van der Waals surface area contributed by atoms with E-state index in [2.05, 4.69) is 27.7 Å². The Labute approximate surface area is 181 Å². The van der Waals surface area contributed by atoms with Crippen molar-refractivity contribution in [3.05, 3.63) is 71.2 Å². The third kappa shape index (κ3) is 5.17. The number of amides is 2. The Bertz CT molecular complexity index is 951. The van der Waals surface area contributed by atoms with E-state index in [9.17, 15) is 4.79 Å². The fourth-order valence-corrected chi connectivity index (χ4v) is 4.28. The first kappa shape index (κ1) is 20.4. The van der Waals surface area contributed by atoms with Crippen LogP contribution in [0.25, 0.3) is 10.6 Å². The van der Waals surface area contributed by atoms with Gasteiger partial charge in [0.1, 0.15) is 10.8 Å². The highest BCUT2D eigenvalue weighted by Crippen LogP contribution is 2.24. The molecule has 0 atom stereocenters. The fourth-order valence-electron chi connectivity index (χ4n) is 3.46. The van der Waals surface area contributed by atoms with Gasteiger partial charge in [-0.3, -0.25) is 4.90 Å². The molecule has 7 heteroatoms. The van der Waals surface area contributed by atoms with Crippen molar-refractivity contribution < 1.29 is 9.53 Å². The molecule has 2 aromatic carbocycles. The lowest BCUT2D eigenvalue weighted by Crippen LogP contribution is -2.51. The number of nitrogens with one attached hydrogen (secondary N) is 1. The van der Waals surface area contributed by atoms with Crippen LogP contribution in [0.3, 0.4) is 0 Å². The zero-order valence-electron chi connectivity index (χ0n) is 17.1. The first-order chi connectivity index (χ1) is 14.7. The molecule has 1 aliphatic rings. The zero-order valence-corrected chi connectivity index (χ0v) is 17.9. The molecule has 30 heavy (non-hydrogen) atoms. The van der Waals surface area contributed by atoms with Gasteiger partial charge in [-0.25, -0.2) is 9.78 Å². The summed E-state index contributed by atoms with van der Waals surface area (Å²) in [4.78, 5) is 21.5.